The Morgan fingerprint density at radius 3 is 1.71 bits per heavy atom. The maximum atomic E-state index is 9.70. The van der Waals surface area contributed by atoms with E-state index in [0.29, 0.717) is 11.6 Å². The van der Waals surface area contributed by atoms with Crippen LogP contribution < -0.4 is 5.06 Å². The number of rotatable bonds is 2. The second kappa shape index (κ2) is 3.85. The van der Waals surface area contributed by atoms with Crippen molar-refractivity contribution in [3.63, 3.8) is 0 Å². The first kappa shape index (κ1) is 8.65. The second-order valence-corrected chi connectivity index (χ2v) is 2.69. The highest BCUT2D eigenvalue weighted by atomic mass is 16.5. The molecule has 0 spiro atoms. The maximum absolute atomic E-state index is 9.70. The molecule has 4 nitrogen and oxygen atoms in total. The second-order valence-electron chi connectivity index (χ2n) is 2.69. The lowest BCUT2D eigenvalue weighted by Gasteiger charge is -2.13. The van der Waals surface area contributed by atoms with Gasteiger partial charge in [-0.05, 0) is 24.3 Å². The summed E-state index contributed by atoms with van der Waals surface area (Å²) in [6.07, 6.45) is 3.23. The van der Waals surface area contributed by atoms with E-state index in [9.17, 15) is 5.21 Å². The topological polar surface area (TPSA) is 49.2 Å². The molecule has 0 amide bonds. The molecule has 70 valence electrons. The van der Waals surface area contributed by atoms with Crippen molar-refractivity contribution >= 4 is 11.6 Å². The monoisotopic (exact) mass is 187 g/mol. The zero-order valence-electron chi connectivity index (χ0n) is 7.41. The molecular weight excluding hydrogens is 178 g/mol. The van der Waals surface area contributed by atoms with E-state index in [2.05, 4.69) is 9.97 Å². The van der Waals surface area contributed by atoms with Crippen LogP contribution in [0.15, 0.2) is 48.8 Å². The SMILES string of the molecule is ON(c1ccccn1)c1ccccn1. The normalized spacial score (nSPS) is 9.79. The summed E-state index contributed by atoms with van der Waals surface area (Å²) in [5, 5.41) is 10.6. The van der Waals surface area contributed by atoms with Gasteiger partial charge in [-0.3, -0.25) is 5.21 Å². The maximum Gasteiger partial charge on any atom is 0.159 e. The number of pyridine rings is 2. The Hall–Kier alpha value is -1.94. The first-order valence-corrected chi connectivity index (χ1v) is 4.19. The van der Waals surface area contributed by atoms with Gasteiger partial charge in [-0.2, -0.15) is 5.06 Å². The molecule has 0 aliphatic heterocycles. The van der Waals surface area contributed by atoms with Crippen LogP contribution in [0.5, 0.6) is 0 Å². The molecule has 0 saturated heterocycles. The van der Waals surface area contributed by atoms with E-state index in [1.54, 1.807) is 48.8 Å². The van der Waals surface area contributed by atoms with Crippen molar-refractivity contribution in [3.05, 3.63) is 48.8 Å². The minimum Gasteiger partial charge on any atom is -0.281 e. The van der Waals surface area contributed by atoms with Crippen LogP contribution in [0.3, 0.4) is 0 Å². The van der Waals surface area contributed by atoms with Gasteiger partial charge in [0.05, 0.1) is 0 Å². The number of hydrogen-bond acceptors (Lipinski definition) is 4. The van der Waals surface area contributed by atoms with Gasteiger partial charge in [0.25, 0.3) is 0 Å². The predicted molar refractivity (Wildman–Crippen MR) is 52.4 cm³/mol. The van der Waals surface area contributed by atoms with Gasteiger partial charge in [-0.15, -0.1) is 0 Å². The molecule has 0 bridgehead atoms. The molecule has 2 heterocycles. The van der Waals surface area contributed by atoms with Crippen molar-refractivity contribution in [2.75, 3.05) is 5.06 Å². The Kier molecular flexibility index (Phi) is 2.38. The summed E-state index contributed by atoms with van der Waals surface area (Å²) in [6.45, 7) is 0. The van der Waals surface area contributed by atoms with Crippen LogP contribution in [0, 0.1) is 0 Å². The average molecular weight is 187 g/mol. The number of hydrogen-bond donors (Lipinski definition) is 1. The molecule has 14 heavy (non-hydrogen) atoms. The molecule has 1 N–H and O–H groups in total. The summed E-state index contributed by atoms with van der Waals surface area (Å²) in [5.74, 6) is 0.900. The van der Waals surface area contributed by atoms with E-state index in [4.69, 9.17) is 0 Å². The highest BCUT2D eigenvalue weighted by molar-refractivity contribution is 5.50. The third kappa shape index (κ3) is 1.70. The number of anilines is 2. The Morgan fingerprint density at radius 1 is 0.857 bits per heavy atom. The van der Waals surface area contributed by atoms with Gasteiger partial charge in [0.2, 0.25) is 0 Å². The first-order chi connectivity index (χ1) is 6.88. The predicted octanol–water partition coefficient (Wildman–Crippen LogP) is 2.00. The van der Waals surface area contributed by atoms with Crippen LogP contribution in [-0.2, 0) is 0 Å². The molecule has 0 radical (unpaired) electrons. The molecule has 0 saturated carbocycles. The third-order valence-electron chi connectivity index (χ3n) is 1.73. The lowest BCUT2D eigenvalue weighted by atomic mass is 10.4. The van der Waals surface area contributed by atoms with Gasteiger partial charge >= 0.3 is 0 Å². The van der Waals surface area contributed by atoms with Crippen LogP contribution in [0.25, 0.3) is 0 Å². The van der Waals surface area contributed by atoms with E-state index in [1.165, 1.54) is 0 Å². The summed E-state index contributed by atoms with van der Waals surface area (Å²) in [6, 6.07) is 10.6. The molecular formula is C10H9N3O. The lowest BCUT2D eigenvalue weighted by molar-refractivity contribution is 0.294. The molecule has 0 aliphatic rings. The molecule has 0 unspecified atom stereocenters. The minimum atomic E-state index is 0.450. The standard InChI is InChI=1S/C10H9N3O/c14-13(9-5-1-3-7-11-9)10-6-2-4-8-12-10/h1-8,14H. The fraction of sp³-hybridized carbons (Fsp3) is 0. The molecule has 2 aromatic rings. The van der Waals surface area contributed by atoms with Crippen molar-refractivity contribution < 1.29 is 5.21 Å². The van der Waals surface area contributed by atoms with Crippen molar-refractivity contribution in [1.82, 2.24) is 9.97 Å². The van der Waals surface area contributed by atoms with Gasteiger partial charge in [-0.25, -0.2) is 9.97 Å². The molecule has 0 fully saturated rings. The Bertz CT molecular complexity index is 351. The van der Waals surface area contributed by atoms with Crippen LogP contribution in [-0.4, -0.2) is 15.2 Å². The zero-order chi connectivity index (χ0) is 9.80. The Balaban J connectivity index is 2.30. The molecule has 2 rings (SSSR count). The highest BCUT2D eigenvalue weighted by Gasteiger charge is 2.06. The van der Waals surface area contributed by atoms with E-state index in [1.807, 2.05) is 0 Å². The van der Waals surface area contributed by atoms with Gasteiger partial charge in [-0.1, -0.05) is 12.1 Å². The van der Waals surface area contributed by atoms with Crippen LogP contribution in [0.4, 0.5) is 11.6 Å². The van der Waals surface area contributed by atoms with Gasteiger partial charge < -0.3 is 0 Å². The van der Waals surface area contributed by atoms with Crippen LogP contribution in [0.1, 0.15) is 0 Å². The van der Waals surface area contributed by atoms with Crippen molar-refractivity contribution in [1.29, 1.82) is 0 Å². The van der Waals surface area contributed by atoms with Crippen LogP contribution >= 0.6 is 0 Å². The zero-order valence-corrected chi connectivity index (χ0v) is 7.41. The average Bonchev–Trinajstić information content (AvgIpc) is 2.30. The molecule has 4 heteroatoms. The van der Waals surface area contributed by atoms with Crippen LogP contribution in [0.2, 0.25) is 0 Å². The van der Waals surface area contributed by atoms with E-state index in [0.717, 1.165) is 5.06 Å². The third-order valence-corrected chi connectivity index (χ3v) is 1.73. The van der Waals surface area contributed by atoms with Crippen molar-refractivity contribution in [2.45, 2.75) is 0 Å². The number of aromatic nitrogens is 2. The van der Waals surface area contributed by atoms with Gasteiger partial charge in [0.15, 0.2) is 11.6 Å². The molecule has 0 atom stereocenters. The van der Waals surface area contributed by atoms with Crippen molar-refractivity contribution in [2.24, 2.45) is 0 Å². The summed E-state index contributed by atoms with van der Waals surface area (Å²) in [5.41, 5.74) is 0. The largest absolute Gasteiger partial charge is 0.281 e. The fourth-order valence-electron chi connectivity index (χ4n) is 1.08. The summed E-state index contributed by atoms with van der Waals surface area (Å²) in [7, 11) is 0. The smallest absolute Gasteiger partial charge is 0.159 e. The van der Waals surface area contributed by atoms with E-state index in [-0.39, 0.29) is 0 Å². The summed E-state index contributed by atoms with van der Waals surface area (Å²) < 4.78 is 0. The van der Waals surface area contributed by atoms with Gasteiger partial charge in [0.1, 0.15) is 0 Å². The lowest BCUT2D eigenvalue weighted by Crippen LogP contribution is -2.12. The Morgan fingerprint density at radius 2 is 1.36 bits per heavy atom. The quantitative estimate of drug-likeness (QED) is 0.730. The Labute approximate surface area is 81.4 Å². The van der Waals surface area contributed by atoms with Crippen molar-refractivity contribution in [3.8, 4) is 0 Å². The number of nitrogens with zero attached hydrogens (tertiary/aromatic N) is 3. The first-order valence-electron chi connectivity index (χ1n) is 4.19. The van der Waals surface area contributed by atoms with Gasteiger partial charge in [0, 0.05) is 12.4 Å². The summed E-state index contributed by atoms with van der Waals surface area (Å²) in [4.78, 5) is 7.98. The molecule has 2 aromatic heterocycles. The minimum absolute atomic E-state index is 0.450. The van der Waals surface area contributed by atoms with E-state index < -0.39 is 0 Å². The van der Waals surface area contributed by atoms with E-state index >= 15 is 0 Å². The molecule has 0 aliphatic carbocycles. The molecule has 0 aromatic carbocycles. The fourth-order valence-corrected chi connectivity index (χ4v) is 1.08. The summed E-state index contributed by atoms with van der Waals surface area (Å²) >= 11 is 0. The highest BCUT2D eigenvalue weighted by Crippen LogP contribution is 2.16.